The zero-order chi connectivity index (χ0) is 20.0. The molecule has 0 saturated heterocycles. The number of carbonyl (C=O) groups is 2. The van der Waals surface area contributed by atoms with Crippen molar-refractivity contribution in [2.45, 2.75) is 102 Å². The second-order valence-corrected chi connectivity index (χ2v) is 12.6. The lowest BCUT2D eigenvalue weighted by Crippen LogP contribution is -2.56. The molecule has 0 aliphatic heterocycles. The molecule has 0 aromatic heterocycles. The average molecular weight is 401 g/mol. The molecule has 8 fully saturated rings. The van der Waals surface area contributed by atoms with Gasteiger partial charge >= 0.3 is 11.9 Å². The molecule has 0 amide bonds. The lowest BCUT2D eigenvalue weighted by atomic mass is 9.54. The Labute approximate surface area is 174 Å². The standard InChI is InChI=1S/C25H36O4/c1-23(2,21(26)28-24-9-15-3-16(10-24)5-17(4-15)11-24)22(27)29-25-12-18-6-19(13-25)8-20(7-18)14-25/h15-20H,3-14H2,1-2H3. The van der Waals surface area contributed by atoms with Crippen molar-refractivity contribution in [3.8, 4) is 0 Å². The summed E-state index contributed by atoms with van der Waals surface area (Å²) in [5, 5.41) is 0. The highest BCUT2D eigenvalue weighted by Crippen LogP contribution is 2.59. The van der Waals surface area contributed by atoms with Crippen molar-refractivity contribution in [1.29, 1.82) is 0 Å². The van der Waals surface area contributed by atoms with E-state index in [1.807, 2.05) is 0 Å². The van der Waals surface area contributed by atoms with Gasteiger partial charge in [0.05, 0.1) is 0 Å². The lowest BCUT2D eigenvalue weighted by molar-refractivity contribution is -0.210. The molecule has 0 atom stereocenters. The van der Waals surface area contributed by atoms with Gasteiger partial charge in [-0.15, -0.1) is 0 Å². The van der Waals surface area contributed by atoms with Crippen molar-refractivity contribution in [2.24, 2.45) is 40.9 Å². The van der Waals surface area contributed by atoms with E-state index in [4.69, 9.17) is 9.47 Å². The molecule has 0 aromatic rings. The van der Waals surface area contributed by atoms with Gasteiger partial charge in [0.25, 0.3) is 0 Å². The van der Waals surface area contributed by atoms with Crippen LogP contribution in [-0.4, -0.2) is 23.1 Å². The first-order valence-electron chi connectivity index (χ1n) is 12.2. The summed E-state index contributed by atoms with van der Waals surface area (Å²) in [7, 11) is 0. The predicted octanol–water partition coefficient (Wildman–Crippen LogP) is 5.04. The van der Waals surface area contributed by atoms with Crippen LogP contribution in [0.2, 0.25) is 0 Å². The van der Waals surface area contributed by atoms with Crippen LogP contribution in [0.5, 0.6) is 0 Å². The molecule has 4 nitrogen and oxygen atoms in total. The van der Waals surface area contributed by atoms with Crippen LogP contribution in [0, 0.1) is 40.9 Å². The molecule has 8 saturated carbocycles. The van der Waals surface area contributed by atoms with E-state index in [2.05, 4.69) is 0 Å². The van der Waals surface area contributed by atoms with Crippen molar-refractivity contribution in [1.82, 2.24) is 0 Å². The van der Waals surface area contributed by atoms with E-state index in [0.717, 1.165) is 74.0 Å². The van der Waals surface area contributed by atoms with E-state index in [0.29, 0.717) is 0 Å². The van der Waals surface area contributed by atoms with E-state index in [9.17, 15) is 9.59 Å². The van der Waals surface area contributed by atoms with E-state index >= 15 is 0 Å². The summed E-state index contributed by atoms with van der Waals surface area (Å²) in [5.41, 5.74) is -1.82. The number of ether oxygens (including phenoxy) is 2. The van der Waals surface area contributed by atoms with Crippen molar-refractivity contribution in [3.63, 3.8) is 0 Å². The Morgan fingerprint density at radius 1 is 0.586 bits per heavy atom. The van der Waals surface area contributed by atoms with Crippen LogP contribution in [0.1, 0.15) is 90.9 Å². The van der Waals surface area contributed by atoms with Crippen LogP contribution in [-0.2, 0) is 19.1 Å². The van der Waals surface area contributed by atoms with Crippen LogP contribution < -0.4 is 0 Å². The van der Waals surface area contributed by atoms with E-state index in [1.54, 1.807) is 13.8 Å². The summed E-state index contributed by atoms with van der Waals surface area (Å²) >= 11 is 0. The van der Waals surface area contributed by atoms with Gasteiger partial charge < -0.3 is 9.47 Å². The summed E-state index contributed by atoms with van der Waals surface area (Å²) in [4.78, 5) is 26.5. The molecule has 0 unspecified atom stereocenters. The second-order valence-electron chi connectivity index (χ2n) is 12.6. The number of hydrogen-bond acceptors (Lipinski definition) is 4. The first-order chi connectivity index (χ1) is 13.7. The third-order valence-corrected chi connectivity index (χ3v) is 9.60. The molecule has 4 heteroatoms. The van der Waals surface area contributed by atoms with Crippen molar-refractivity contribution in [2.75, 3.05) is 0 Å². The molecule has 0 radical (unpaired) electrons. The second kappa shape index (κ2) is 6.01. The molecular formula is C25H36O4. The fraction of sp³-hybridized carbons (Fsp3) is 0.920. The monoisotopic (exact) mass is 400 g/mol. The molecule has 8 rings (SSSR count). The molecule has 8 bridgehead atoms. The largest absolute Gasteiger partial charge is 0.458 e. The van der Waals surface area contributed by atoms with Gasteiger partial charge in [0.1, 0.15) is 11.2 Å². The minimum absolute atomic E-state index is 0.302. The Morgan fingerprint density at radius 2 is 0.828 bits per heavy atom. The van der Waals surface area contributed by atoms with Gasteiger partial charge in [-0.1, -0.05) is 0 Å². The normalized spacial score (nSPS) is 49.3. The average Bonchev–Trinajstić information content (AvgIpc) is 2.58. The molecule has 29 heavy (non-hydrogen) atoms. The van der Waals surface area contributed by atoms with Crippen molar-refractivity contribution in [3.05, 3.63) is 0 Å². The summed E-state index contributed by atoms with van der Waals surface area (Å²) < 4.78 is 12.4. The molecule has 0 N–H and O–H groups in total. The maximum Gasteiger partial charge on any atom is 0.323 e. The van der Waals surface area contributed by atoms with Crippen LogP contribution in [0.25, 0.3) is 0 Å². The first-order valence-corrected chi connectivity index (χ1v) is 12.2. The summed E-state index contributed by atoms with van der Waals surface area (Å²) in [5.74, 6) is 3.61. The molecule has 0 aromatic carbocycles. The predicted molar refractivity (Wildman–Crippen MR) is 108 cm³/mol. The number of hydrogen-bond donors (Lipinski definition) is 0. The quantitative estimate of drug-likeness (QED) is 0.490. The van der Waals surface area contributed by atoms with Gasteiger partial charge in [0.2, 0.25) is 0 Å². The van der Waals surface area contributed by atoms with Gasteiger partial charge in [0, 0.05) is 0 Å². The zero-order valence-corrected chi connectivity index (χ0v) is 18.1. The fourth-order valence-electron chi connectivity index (χ4n) is 9.04. The number of carbonyl (C=O) groups excluding carboxylic acids is 2. The Morgan fingerprint density at radius 3 is 1.07 bits per heavy atom. The summed E-state index contributed by atoms with van der Waals surface area (Å²) in [6.07, 6.45) is 13.9. The Hall–Kier alpha value is -1.06. The highest BCUT2D eigenvalue weighted by atomic mass is 16.6. The maximum atomic E-state index is 13.3. The van der Waals surface area contributed by atoms with Crippen LogP contribution in [0.3, 0.4) is 0 Å². The Bertz CT molecular complexity index is 605. The van der Waals surface area contributed by atoms with Gasteiger partial charge in [0.15, 0.2) is 5.41 Å². The van der Waals surface area contributed by atoms with Gasteiger partial charge in [-0.2, -0.15) is 0 Å². The van der Waals surface area contributed by atoms with E-state index in [-0.39, 0.29) is 23.1 Å². The number of esters is 2. The van der Waals surface area contributed by atoms with E-state index in [1.165, 1.54) is 38.5 Å². The molecule has 0 heterocycles. The summed E-state index contributed by atoms with van der Waals surface area (Å²) in [6, 6.07) is 0. The molecular weight excluding hydrogens is 364 g/mol. The van der Waals surface area contributed by atoms with Crippen molar-refractivity contribution >= 4 is 11.9 Å². The van der Waals surface area contributed by atoms with E-state index < -0.39 is 5.41 Å². The lowest BCUT2D eigenvalue weighted by Gasteiger charge is -2.56. The molecule has 0 spiro atoms. The molecule has 8 aliphatic carbocycles. The van der Waals surface area contributed by atoms with Crippen LogP contribution in [0.4, 0.5) is 0 Å². The molecule has 8 aliphatic rings. The third kappa shape index (κ3) is 2.98. The first kappa shape index (κ1) is 18.7. The minimum atomic E-state index is -1.22. The molecule has 160 valence electrons. The van der Waals surface area contributed by atoms with Gasteiger partial charge in [-0.25, -0.2) is 0 Å². The number of rotatable bonds is 4. The Balaban J connectivity index is 1.16. The maximum absolute atomic E-state index is 13.3. The fourth-order valence-corrected chi connectivity index (χ4v) is 9.04. The van der Waals surface area contributed by atoms with Gasteiger partial charge in [-0.05, 0) is 126 Å². The Kier molecular flexibility index (Phi) is 3.87. The van der Waals surface area contributed by atoms with Gasteiger partial charge in [-0.3, -0.25) is 9.59 Å². The summed E-state index contributed by atoms with van der Waals surface area (Å²) in [6.45, 7) is 3.44. The topological polar surface area (TPSA) is 52.6 Å². The SMILES string of the molecule is CC(C)(C(=O)OC12CC3CC(CC(C3)C1)C2)C(=O)OC12CC3CC(CC(C3)C1)C2. The van der Waals surface area contributed by atoms with Crippen LogP contribution in [0.15, 0.2) is 0 Å². The minimum Gasteiger partial charge on any atom is -0.458 e. The highest BCUT2D eigenvalue weighted by molar-refractivity contribution is 5.99. The highest BCUT2D eigenvalue weighted by Gasteiger charge is 2.57. The smallest absolute Gasteiger partial charge is 0.323 e. The third-order valence-electron chi connectivity index (χ3n) is 9.60. The van der Waals surface area contributed by atoms with Crippen LogP contribution >= 0.6 is 0 Å². The van der Waals surface area contributed by atoms with Crippen molar-refractivity contribution < 1.29 is 19.1 Å². The zero-order valence-electron chi connectivity index (χ0n) is 18.1.